The second-order valence-electron chi connectivity index (χ2n) is 4.56. The molecule has 2 aromatic carbocycles. The predicted molar refractivity (Wildman–Crippen MR) is 78.1 cm³/mol. The van der Waals surface area contributed by atoms with E-state index in [4.69, 9.17) is 5.73 Å². The molecule has 110 valence electrons. The molecule has 5 heteroatoms. The first kappa shape index (κ1) is 15.1. The zero-order valence-electron chi connectivity index (χ0n) is 11.4. The molecule has 0 fully saturated rings. The van der Waals surface area contributed by atoms with Crippen molar-refractivity contribution in [1.82, 2.24) is 0 Å². The third-order valence-electron chi connectivity index (χ3n) is 3.06. The number of nitrogens with zero attached hydrogens (tertiary/aromatic N) is 1. The normalized spacial score (nSPS) is 10.4. The van der Waals surface area contributed by atoms with Crippen molar-refractivity contribution in [2.75, 3.05) is 18.0 Å². The Morgan fingerprint density at radius 3 is 2.43 bits per heavy atom. The summed E-state index contributed by atoms with van der Waals surface area (Å²) in [6.07, 6.45) is 0.587. The summed E-state index contributed by atoms with van der Waals surface area (Å²) in [4.78, 5) is 14.0. The average Bonchev–Trinajstić information content (AvgIpc) is 2.48. The van der Waals surface area contributed by atoms with Gasteiger partial charge in [0.05, 0.1) is 5.56 Å². The first-order valence-electron chi connectivity index (χ1n) is 6.65. The Morgan fingerprint density at radius 1 is 1.10 bits per heavy atom. The Hall–Kier alpha value is -2.27. The summed E-state index contributed by atoms with van der Waals surface area (Å²) in [5.41, 5.74) is 5.98. The summed E-state index contributed by atoms with van der Waals surface area (Å²) in [5, 5.41) is 0. The number of hydrogen-bond acceptors (Lipinski definition) is 2. The lowest BCUT2D eigenvalue weighted by Gasteiger charge is -2.23. The SMILES string of the molecule is NCCCN(C(=O)c1ccc(F)cc1F)c1ccccc1. The molecule has 3 nitrogen and oxygen atoms in total. The molecule has 0 saturated heterocycles. The fraction of sp³-hybridized carbons (Fsp3) is 0.188. The molecule has 0 spiro atoms. The van der Waals surface area contributed by atoms with Gasteiger partial charge in [0.1, 0.15) is 11.6 Å². The molecule has 2 N–H and O–H groups in total. The minimum Gasteiger partial charge on any atom is -0.330 e. The monoisotopic (exact) mass is 290 g/mol. The lowest BCUT2D eigenvalue weighted by atomic mass is 10.1. The van der Waals surface area contributed by atoms with E-state index in [0.29, 0.717) is 31.3 Å². The van der Waals surface area contributed by atoms with Gasteiger partial charge in [-0.3, -0.25) is 4.79 Å². The molecule has 1 amide bonds. The topological polar surface area (TPSA) is 46.3 Å². The van der Waals surface area contributed by atoms with E-state index in [-0.39, 0.29) is 5.56 Å². The van der Waals surface area contributed by atoms with E-state index in [1.54, 1.807) is 24.3 Å². The van der Waals surface area contributed by atoms with Crippen LogP contribution in [0, 0.1) is 11.6 Å². The zero-order chi connectivity index (χ0) is 15.2. The van der Waals surface area contributed by atoms with Crippen LogP contribution in [0.2, 0.25) is 0 Å². The lowest BCUT2D eigenvalue weighted by molar-refractivity contribution is 0.0983. The van der Waals surface area contributed by atoms with Gasteiger partial charge in [-0.1, -0.05) is 18.2 Å². The Kier molecular flexibility index (Phi) is 5.00. The highest BCUT2D eigenvalue weighted by Gasteiger charge is 2.20. The van der Waals surface area contributed by atoms with Gasteiger partial charge < -0.3 is 10.6 Å². The van der Waals surface area contributed by atoms with Crippen molar-refractivity contribution in [2.24, 2.45) is 5.73 Å². The van der Waals surface area contributed by atoms with Crippen molar-refractivity contribution >= 4 is 11.6 Å². The third kappa shape index (κ3) is 3.64. The molecule has 0 bridgehead atoms. The van der Waals surface area contributed by atoms with Crippen molar-refractivity contribution < 1.29 is 13.6 Å². The number of amides is 1. The molecule has 0 saturated carbocycles. The molecule has 21 heavy (non-hydrogen) atoms. The minimum atomic E-state index is -0.867. The summed E-state index contributed by atoms with van der Waals surface area (Å²) < 4.78 is 26.7. The van der Waals surface area contributed by atoms with Crippen LogP contribution >= 0.6 is 0 Å². The molecule has 0 unspecified atom stereocenters. The second-order valence-corrected chi connectivity index (χ2v) is 4.56. The van der Waals surface area contributed by atoms with Gasteiger partial charge in [-0.15, -0.1) is 0 Å². The van der Waals surface area contributed by atoms with Crippen LogP contribution in [0.25, 0.3) is 0 Å². The first-order valence-corrected chi connectivity index (χ1v) is 6.65. The summed E-state index contributed by atoms with van der Waals surface area (Å²) in [6.45, 7) is 0.790. The number of carbonyl (C=O) groups is 1. The fourth-order valence-electron chi connectivity index (χ4n) is 2.01. The van der Waals surface area contributed by atoms with Gasteiger partial charge in [0.25, 0.3) is 5.91 Å². The third-order valence-corrected chi connectivity index (χ3v) is 3.06. The van der Waals surface area contributed by atoms with Crippen molar-refractivity contribution in [3.05, 3.63) is 65.7 Å². The van der Waals surface area contributed by atoms with Crippen LogP contribution in [-0.2, 0) is 0 Å². The first-order chi connectivity index (χ1) is 10.1. The van der Waals surface area contributed by atoms with Crippen LogP contribution in [0.3, 0.4) is 0 Å². The number of nitrogens with two attached hydrogens (primary N) is 1. The van der Waals surface area contributed by atoms with Crippen molar-refractivity contribution in [1.29, 1.82) is 0 Å². The van der Waals surface area contributed by atoms with Crippen molar-refractivity contribution in [3.8, 4) is 0 Å². The highest BCUT2D eigenvalue weighted by atomic mass is 19.1. The molecule has 0 aromatic heterocycles. The molecule has 0 aliphatic rings. The van der Waals surface area contributed by atoms with Gasteiger partial charge in [0.2, 0.25) is 0 Å². The number of halogens is 2. The molecular weight excluding hydrogens is 274 g/mol. The number of carbonyl (C=O) groups excluding carboxylic acids is 1. The Bertz CT molecular complexity index is 617. The van der Waals surface area contributed by atoms with E-state index in [9.17, 15) is 13.6 Å². The van der Waals surface area contributed by atoms with Gasteiger partial charge in [-0.05, 0) is 37.2 Å². The lowest BCUT2D eigenvalue weighted by Crippen LogP contribution is -2.33. The maximum absolute atomic E-state index is 13.8. The van der Waals surface area contributed by atoms with Crippen LogP contribution in [0.15, 0.2) is 48.5 Å². The number of rotatable bonds is 5. The quantitative estimate of drug-likeness (QED) is 0.920. The van der Waals surface area contributed by atoms with E-state index < -0.39 is 17.5 Å². The summed E-state index contributed by atoms with van der Waals surface area (Å²) in [7, 11) is 0. The van der Waals surface area contributed by atoms with Gasteiger partial charge in [0.15, 0.2) is 0 Å². The maximum Gasteiger partial charge on any atom is 0.261 e. The zero-order valence-corrected chi connectivity index (χ0v) is 11.4. The number of benzene rings is 2. The minimum absolute atomic E-state index is 0.155. The van der Waals surface area contributed by atoms with Crippen LogP contribution in [0.5, 0.6) is 0 Å². The Labute approximate surface area is 122 Å². The van der Waals surface area contributed by atoms with Gasteiger partial charge >= 0.3 is 0 Å². The Morgan fingerprint density at radius 2 is 1.81 bits per heavy atom. The maximum atomic E-state index is 13.8. The summed E-state index contributed by atoms with van der Waals surface area (Å²) in [6, 6.07) is 11.9. The molecule has 2 aromatic rings. The summed E-state index contributed by atoms with van der Waals surface area (Å²) >= 11 is 0. The molecular formula is C16H16F2N2O. The van der Waals surface area contributed by atoms with Crippen molar-refractivity contribution in [3.63, 3.8) is 0 Å². The predicted octanol–water partition coefficient (Wildman–Crippen LogP) is 2.96. The second kappa shape index (κ2) is 6.95. The van der Waals surface area contributed by atoms with Gasteiger partial charge in [0, 0.05) is 18.3 Å². The number of hydrogen-bond donors (Lipinski definition) is 1. The highest BCUT2D eigenvalue weighted by molar-refractivity contribution is 6.06. The Balaban J connectivity index is 2.34. The van der Waals surface area contributed by atoms with E-state index in [2.05, 4.69) is 0 Å². The van der Waals surface area contributed by atoms with E-state index in [0.717, 1.165) is 12.1 Å². The van der Waals surface area contributed by atoms with Gasteiger partial charge in [-0.2, -0.15) is 0 Å². The fourth-order valence-corrected chi connectivity index (χ4v) is 2.01. The van der Waals surface area contributed by atoms with Crippen LogP contribution in [0.4, 0.5) is 14.5 Å². The van der Waals surface area contributed by atoms with E-state index in [1.165, 1.54) is 4.90 Å². The van der Waals surface area contributed by atoms with E-state index >= 15 is 0 Å². The van der Waals surface area contributed by atoms with Crippen LogP contribution in [0.1, 0.15) is 16.8 Å². The highest BCUT2D eigenvalue weighted by Crippen LogP contribution is 2.19. The molecule has 0 radical (unpaired) electrons. The molecule has 0 aliphatic heterocycles. The van der Waals surface area contributed by atoms with Gasteiger partial charge in [-0.25, -0.2) is 8.78 Å². The molecule has 2 rings (SSSR count). The number of para-hydroxylation sites is 1. The van der Waals surface area contributed by atoms with Crippen LogP contribution in [-0.4, -0.2) is 19.0 Å². The molecule has 0 heterocycles. The summed E-state index contributed by atoms with van der Waals surface area (Å²) in [5.74, 6) is -2.09. The average molecular weight is 290 g/mol. The molecule has 0 atom stereocenters. The van der Waals surface area contributed by atoms with Crippen molar-refractivity contribution in [2.45, 2.75) is 6.42 Å². The molecule has 0 aliphatic carbocycles. The smallest absolute Gasteiger partial charge is 0.261 e. The van der Waals surface area contributed by atoms with Crippen LogP contribution < -0.4 is 10.6 Å². The standard InChI is InChI=1S/C16H16F2N2O/c17-12-7-8-14(15(18)11-12)16(21)20(10-4-9-19)13-5-2-1-3-6-13/h1-3,5-8,11H,4,9-10,19H2. The largest absolute Gasteiger partial charge is 0.330 e. The van der Waals surface area contributed by atoms with E-state index in [1.807, 2.05) is 6.07 Å². The number of anilines is 1.